The molecule has 1 aliphatic rings. The van der Waals surface area contributed by atoms with Gasteiger partial charge in [0.05, 0.1) is 13.1 Å². The molecule has 1 aliphatic heterocycles. The molecule has 4 nitrogen and oxygen atoms in total. The second kappa shape index (κ2) is 3.76. The largest absolute Gasteiger partial charge is 0.467 e. The highest BCUT2D eigenvalue weighted by atomic mass is 35.5. The minimum absolute atomic E-state index is 0.0542. The van der Waals surface area contributed by atoms with Gasteiger partial charge in [-0.3, -0.25) is 4.79 Å². The molecule has 0 radical (unpaired) electrons. The molecular weight excluding hydrogens is 182 g/mol. The van der Waals surface area contributed by atoms with E-state index in [4.69, 9.17) is 11.6 Å². The van der Waals surface area contributed by atoms with Crippen LogP contribution in [0, 0.1) is 0 Å². The van der Waals surface area contributed by atoms with E-state index in [1.807, 2.05) is 0 Å². The van der Waals surface area contributed by atoms with Crippen molar-refractivity contribution in [1.82, 2.24) is 4.90 Å². The number of carbonyl (C=O) groups excluding carboxylic acids is 2. The number of esters is 1. The lowest BCUT2D eigenvalue weighted by atomic mass is 10.2. The fraction of sp³-hybridized carbons (Fsp3) is 0.714. The Balaban J connectivity index is 2.66. The summed E-state index contributed by atoms with van der Waals surface area (Å²) in [7, 11) is 1.30. The van der Waals surface area contributed by atoms with Gasteiger partial charge in [-0.05, 0) is 6.42 Å². The first-order chi connectivity index (χ1) is 5.70. The molecule has 0 aliphatic carbocycles. The monoisotopic (exact) mass is 191 g/mol. The molecule has 0 aromatic rings. The zero-order valence-electron chi connectivity index (χ0n) is 6.75. The van der Waals surface area contributed by atoms with Gasteiger partial charge >= 0.3 is 5.97 Å². The lowest BCUT2D eigenvalue weighted by molar-refractivity contribution is -0.148. The average molecular weight is 192 g/mol. The van der Waals surface area contributed by atoms with Crippen molar-refractivity contribution < 1.29 is 14.3 Å². The number of hydrogen-bond acceptors (Lipinski definition) is 3. The lowest BCUT2D eigenvalue weighted by Gasteiger charge is -2.19. The van der Waals surface area contributed by atoms with Crippen LogP contribution < -0.4 is 0 Å². The Labute approximate surface area is 75.4 Å². The third kappa shape index (κ3) is 1.53. The fourth-order valence-corrected chi connectivity index (χ4v) is 1.56. The van der Waals surface area contributed by atoms with Crippen LogP contribution >= 0.6 is 11.6 Å². The summed E-state index contributed by atoms with van der Waals surface area (Å²) in [6, 6.07) is -0.418. The number of likely N-dealkylation sites (tertiary alicyclic amines) is 1. The Morgan fingerprint density at radius 2 is 2.50 bits per heavy atom. The van der Waals surface area contributed by atoms with Gasteiger partial charge < -0.3 is 9.64 Å². The van der Waals surface area contributed by atoms with E-state index in [9.17, 15) is 9.59 Å². The van der Waals surface area contributed by atoms with Crippen LogP contribution in [0.1, 0.15) is 12.8 Å². The number of hydrogen-bond donors (Lipinski definition) is 0. The molecule has 1 fully saturated rings. The summed E-state index contributed by atoms with van der Waals surface area (Å²) in [5.41, 5.74) is 0. The Hall–Kier alpha value is -0.770. The van der Waals surface area contributed by atoms with Crippen LogP contribution in [-0.4, -0.2) is 35.9 Å². The van der Waals surface area contributed by atoms with Crippen LogP contribution in [0.2, 0.25) is 0 Å². The second-order valence-electron chi connectivity index (χ2n) is 2.56. The van der Waals surface area contributed by atoms with Crippen molar-refractivity contribution >= 4 is 23.5 Å². The Morgan fingerprint density at radius 3 is 3.00 bits per heavy atom. The van der Waals surface area contributed by atoms with Crippen LogP contribution in [0.25, 0.3) is 0 Å². The zero-order chi connectivity index (χ0) is 9.14. The zero-order valence-corrected chi connectivity index (χ0v) is 7.50. The summed E-state index contributed by atoms with van der Waals surface area (Å²) in [5.74, 6) is -0.470. The van der Waals surface area contributed by atoms with Crippen LogP contribution in [0.5, 0.6) is 0 Å². The molecule has 0 N–H and O–H groups in total. The Bertz CT molecular complexity index is 207. The molecule has 1 heterocycles. The molecular formula is C7H10ClNO3. The lowest BCUT2D eigenvalue weighted by Crippen LogP contribution is -2.38. The van der Waals surface area contributed by atoms with E-state index >= 15 is 0 Å². The number of amides is 1. The SMILES string of the molecule is COC(=O)[C@@H]1CCC(=O)N1CCl. The van der Waals surface area contributed by atoms with E-state index in [0.717, 1.165) is 0 Å². The highest BCUT2D eigenvalue weighted by Gasteiger charge is 2.35. The number of methoxy groups -OCH3 is 1. The Morgan fingerprint density at radius 1 is 1.83 bits per heavy atom. The van der Waals surface area contributed by atoms with Crippen molar-refractivity contribution in [2.75, 3.05) is 13.1 Å². The molecule has 68 valence electrons. The fourth-order valence-electron chi connectivity index (χ4n) is 1.26. The van der Waals surface area contributed by atoms with Gasteiger partial charge in [0.25, 0.3) is 0 Å². The van der Waals surface area contributed by atoms with Crippen molar-refractivity contribution in [2.24, 2.45) is 0 Å². The number of ether oxygens (including phenoxy) is 1. The van der Waals surface area contributed by atoms with E-state index in [1.165, 1.54) is 12.0 Å². The molecule has 12 heavy (non-hydrogen) atoms. The summed E-state index contributed by atoms with van der Waals surface area (Å²) in [6.07, 6.45) is 0.894. The van der Waals surface area contributed by atoms with Gasteiger partial charge in [0.1, 0.15) is 6.04 Å². The highest BCUT2D eigenvalue weighted by Crippen LogP contribution is 2.19. The smallest absolute Gasteiger partial charge is 0.328 e. The van der Waals surface area contributed by atoms with Gasteiger partial charge in [0.15, 0.2) is 0 Å². The molecule has 0 unspecified atom stereocenters. The van der Waals surface area contributed by atoms with Crippen molar-refractivity contribution in [3.8, 4) is 0 Å². The summed E-state index contributed by atoms with van der Waals surface area (Å²) in [4.78, 5) is 23.5. The van der Waals surface area contributed by atoms with Crippen molar-refractivity contribution in [3.05, 3.63) is 0 Å². The molecule has 0 aromatic carbocycles. The van der Waals surface area contributed by atoms with E-state index in [0.29, 0.717) is 12.8 Å². The molecule has 0 saturated carbocycles. The van der Waals surface area contributed by atoms with Gasteiger partial charge in [-0.2, -0.15) is 0 Å². The van der Waals surface area contributed by atoms with Crippen LogP contribution in [0.3, 0.4) is 0 Å². The average Bonchev–Trinajstić information content (AvgIpc) is 2.45. The molecule has 1 saturated heterocycles. The summed E-state index contributed by atoms with van der Waals surface area (Å²) in [5, 5.41) is 0. The van der Waals surface area contributed by atoms with Crippen molar-refractivity contribution in [1.29, 1.82) is 0 Å². The molecule has 1 rings (SSSR count). The van der Waals surface area contributed by atoms with Crippen LogP contribution in [-0.2, 0) is 14.3 Å². The predicted molar refractivity (Wildman–Crippen MR) is 42.6 cm³/mol. The number of alkyl halides is 1. The summed E-state index contributed by atoms with van der Waals surface area (Å²) in [6.45, 7) is 0. The summed E-state index contributed by atoms with van der Waals surface area (Å²) >= 11 is 5.50. The second-order valence-corrected chi connectivity index (χ2v) is 2.80. The van der Waals surface area contributed by atoms with Crippen LogP contribution in [0.4, 0.5) is 0 Å². The number of nitrogens with zero attached hydrogens (tertiary/aromatic N) is 1. The Kier molecular flexibility index (Phi) is 2.92. The molecule has 0 aromatic heterocycles. The molecule has 5 heteroatoms. The minimum Gasteiger partial charge on any atom is -0.467 e. The first-order valence-corrected chi connectivity index (χ1v) is 4.17. The van der Waals surface area contributed by atoms with E-state index < -0.39 is 6.04 Å². The molecule has 0 spiro atoms. The van der Waals surface area contributed by atoms with Crippen molar-refractivity contribution in [2.45, 2.75) is 18.9 Å². The quantitative estimate of drug-likeness (QED) is 0.360. The first kappa shape index (κ1) is 9.32. The van der Waals surface area contributed by atoms with Gasteiger partial charge in [-0.15, -0.1) is 11.6 Å². The maximum atomic E-state index is 11.1. The maximum Gasteiger partial charge on any atom is 0.328 e. The van der Waals surface area contributed by atoms with Gasteiger partial charge in [0, 0.05) is 6.42 Å². The third-order valence-electron chi connectivity index (χ3n) is 1.93. The summed E-state index contributed by atoms with van der Waals surface area (Å²) < 4.78 is 4.52. The van der Waals surface area contributed by atoms with Gasteiger partial charge in [-0.1, -0.05) is 0 Å². The van der Waals surface area contributed by atoms with Crippen molar-refractivity contribution in [3.63, 3.8) is 0 Å². The molecule has 0 bridgehead atoms. The topological polar surface area (TPSA) is 46.6 Å². The first-order valence-electron chi connectivity index (χ1n) is 3.64. The molecule has 1 amide bonds. The standard InChI is InChI=1S/C7H10ClNO3/c1-12-7(11)5-2-3-6(10)9(5)4-8/h5H,2-4H2,1H3/t5-/m0/s1. The van der Waals surface area contributed by atoms with E-state index in [1.54, 1.807) is 0 Å². The minimum atomic E-state index is -0.472. The van der Waals surface area contributed by atoms with Gasteiger partial charge in [0.2, 0.25) is 5.91 Å². The maximum absolute atomic E-state index is 11.1. The highest BCUT2D eigenvalue weighted by molar-refractivity contribution is 6.18. The third-order valence-corrected chi connectivity index (χ3v) is 2.19. The van der Waals surface area contributed by atoms with Gasteiger partial charge in [-0.25, -0.2) is 4.79 Å². The number of rotatable bonds is 2. The van der Waals surface area contributed by atoms with Crippen LogP contribution in [0.15, 0.2) is 0 Å². The predicted octanol–water partition coefficient (Wildman–Crippen LogP) is 0.347. The molecule has 1 atom stereocenters. The normalized spacial score (nSPS) is 23.0. The van der Waals surface area contributed by atoms with E-state index in [-0.39, 0.29) is 17.9 Å². The van der Waals surface area contributed by atoms with E-state index in [2.05, 4.69) is 4.74 Å². The number of carbonyl (C=O) groups is 2. The number of halogens is 1.